The lowest BCUT2D eigenvalue weighted by Crippen LogP contribution is -2.43. The normalized spacial score (nSPS) is 18.8. The van der Waals surface area contributed by atoms with E-state index in [2.05, 4.69) is 4.90 Å². The molecule has 33 heavy (non-hydrogen) atoms. The van der Waals surface area contributed by atoms with Gasteiger partial charge in [0, 0.05) is 42.6 Å². The van der Waals surface area contributed by atoms with Gasteiger partial charge in [0.1, 0.15) is 34.3 Å². The third-order valence-corrected chi connectivity index (χ3v) is 6.33. The molecule has 2 atom stereocenters. The largest absolute Gasteiger partial charge is 0.496 e. The Kier molecular flexibility index (Phi) is 6.63. The lowest BCUT2D eigenvalue weighted by Gasteiger charge is -2.37. The van der Waals surface area contributed by atoms with Crippen LogP contribution >= 0.6 is 11.6 Å². The summed E-state index contributed by atoms with van der Waals surface area (Å²) in [6, 6.07) is 10.3. The molecule has 1 aromatic heterocycles. The van der Waals surface area contributed by atoms with Crippen molar-refractivity contribution in [3.63, 3.8) is 0 Å². The Morgan fingerprint density at radius 2 is 1.88 bits per heavy atom. The Balaban J connectivity index is 2.02. The fourth-order valence-corrected chi connectivity index (χ4v) is 4.73. The van der Waals surface area contributed by atoms with E-state index < -0.39 is 6.10 Å². The van der Waals surface area contributed by atoms with Crippen LogP contribution in [0.5, 0.6) is 11.5 Å². The lowest BCUT2D eigenvalue weighted by atomic mass is 9.85. The first-order chi connectivity index (χ1) is 15.8. The number of rotatable bonds is 5. The van der Waals surface area contributed by atoms with Gasteiger partial charge in [0.25, 0.3) is 0 Å². The molecular formula is C25H26ClNO6. The molecule has 2 aromatic carbocycles. The Bertz CT molecular complexity index is 1250. The highest BCUT2D eigenvalue weighted by molar-refractivity contribution is 6.33. The van der Waals surface area contributed by atoms with E-state index in [0.717, 1.165) is 6.54 Å². The molecule has 7 nitrogen and oxygen atoms in total. The van der Waals surface area contributed by atoms with E-state index in [-0.39, 0.29) is 17.3 Å². The molecule has 0 aliphatic carbocycles. The smallest absolute Gasteiger partial charge is 0.302 e. The van der Waals surface area contributed by atoms with Crippen molar-refractivity contribution >= 4 is 28.5 Å². The van der Waals surface area contributed by atoms with E-state index in [1.54, 1.807) is 25.3 Å². The molecule has 0 radical (unpaired) electrons. The number of benzene rings is 2. The summed E-state index contributed by atoms with van der Waals surface area (Å²) < 4.78 is 23.3. The van der Waals surface area contributed by atoms with Crippen molar-refractivity contribution in [1.29, 1.82) is 0 Å². The summed E-state index contributed by atoms with van der Waals surface area (Å²) in [6.07, 6.45) is 0.257. The number of halogens is 1. The molecule has 0 bridgehead atoms. The minimum Gasteiger partial charge on any atom is -0.496 e. The number of methoxy groups -OCH3 is 2. The van der Waals surface area contributed by atoms with E-state index in [9.17, 15) is 9.59 Å². The number of piperidine rings is 1. The van der Waals surface area contributed by atoms with Gasteiger partial charge in [-0.15, -0.1) is 0 Å². The molecule has 0 saturated carbocycles. The average Bonchev–Trinajstić information content (AvgIpc) is 2.78. The molecule has 0 N–H and O–H groups in total. The summed E-state index contributed by atoms with van der Waals surface area (Å²) in [5.41, 5.74) is 1.37. The van der Waals surface area contributed by atoms with Gasteiger partial charge in [-0.05, 0) is 32.1 Å². The molecule has 2 heterocycles. The highest BCUT2D eigenvalue weighted by Gasteiger charge is 2.36. The number of esters is 1. The molecule has 1 fully saturated rings. The predicted octanol–water partition coefficient (Wildman–Crippen LogP) is 4.48. The Hall–Kier alpha value is -3.03. The van der Waals surface area contributed by atoms with Crippen LogP contribution in [0.1, 0.15) is 24.8 Å². The zero-order valence-corrected chi connectivity index (χ0v) is 19.8. The highest BCUT2D eigenvalue weighted by Crippen LogP contribution is 2.44. The number of carbonyl (C=O) groups is 1. The van der Waals surface area contributed by atoms with Crippen LogP contribution in [0.15, 0.2) is 45.6 Å². The molecule has 0 spiro atoms. The monoisotopic (exact) mass is 471 g/mol. The van der Waals surface area contributed by atoms with Gasteiger partial charge in [-0.3, -0.25) is 9.59 Å². The summed E-state index contributed by atoms with van der Waals surface area (Å²) in [6.45, 7) is 2.73. The molecule has 4 rings (SSSR count). The summed E-state index contributed by atoms with van der Waals surface area (Å²) in [4.78, 5) is 27.3. The fourth-order valence-electron chi connectivity index (χ4n) is 4.51. The number of fused-ring (bicyclic) bond motifs is 1. The van der Waals surface area contributed by atoms with Crippen molar-refractivity contribution in [3.05, 3.63) is 57.2 Å². The molecule has 0 amide bonds. The van der Waals surface area contributed by atoms with Crippen LogP contribution in [0.4, 0.5) is 0 Å². The van der Waals surface area contributed by atoms with E-state index in [0.29, 0.717) is 57.3 Å². The SMILES string of the molecule is COc1cc(OC)c2c(=O)cc(-c3ccccc3Cl)oc2c1[C@@H]1CCN(C)C[C@H]1OC(C)=O. The van der Waals surface area contributed by atoms with Gasteiger partial charge in [-0.2, -0.15) is 0 Å². The third-order valence-electron chi connectivity index (χ3n) is 6.00. The summed E-state index contributed by atoms with van der Waals surface area (Å²) in [5.74, 6) is 0.590. The van der Waals surface area contributed by atoms with E-state index in [1.165, 1.54) is 20.1 Å². The van der Waals surface area contributed by atoms with Crippen molar-refractivity contribution < 1.29 is 23.4 Å². The molecule has 174 valence electrons. The summed E-state index contributed by atoms with van der Waals surface area (Å²) in [7, 11) is 5.02. The van der Waals surface area contributed by atoms with Gasteiger partial charge in [0.2, 0.25) is 0 Å². The standard InChI is InChI=1S/C25H26ClNO6/c1-14(28)32-22-13-27(2)10-9-16(22)23-20(30-3)12-21(31-4)24-18(29)11-19(33-25(23)24)15-7-5-6-8-17(15)26/h5-8,11-12,16,22H,9-10,13H2,1-4H3/t16-,22-/m1/s1. The third kappa shape index (κ3) is 4.43. The van der Waals surface area contributed by atoms with Crippen LogP contribution in [0.25, 0.3) is 22.3 Å². The summed E-state index contributed by atoms with van der Waals surface area (Å²) in [5, 5.41) is 0.776. The molecule has 3 aromatic rings. The Morgan fingerprint density at radius 1 is 1.15 bits per heavy atom. The maximum atomic E-state index is 13.3. The molecule has 0 unspecified atom stereocenters. The number of hydrogen-bond acceptors (Lipinski definition) is 7. The van der Waals surface area contributed by atoms with Gasteiger partial charge in [0.15, 0.2) is 5.43 Å². The maximum absolute atomic E-state index is 13.3. The van der Waals surface area contributed by atoms with Gasteiger partial charge in [0.05, 0.1) is 19.2 Å². The first-order valence-electron chi connectivity index (χ1n) is 10.7. The van der Waals surface area contributed by atoms with Gasteiger partial charge in [-0.25, -0.2) is 0 Å². The Labute approximate surface area is 196 Å². The van der Waals surface area contributed by atoms with E-state index in [4.69, 9.17) is 30.2 Å². The topological polar surface area (TPSA) is 78.2 Å². The second-order valence-electron chi connectivity index (χ2n) is 8.16. The minimum atomic E-state index is -0.430. The molecule has 1 saturated heterocycles. The number of carbonyl (C=O) groups excluding carboxylic acids is 1. The van der Waals surface area contributed by atoms with Crippen molar-refractivity contribution in [2.75, 3.05) is 34.4 Å². The first kappa shape index (κ1) is 23.1. The van der Waals surface area contributed by atoms with E-state index >= 15 is 0 Å². The predicted molar refractivity (Wildman–Crippen MR) is 126 cm³/mol. The number of likely N-dealkylation sites (N-methyl/N-ethyl adjacent to an activating group) is 1. The molecular weight excluding hydrogens is 446 g/mol. The van der Waals surface area contributed by atoms with Gasteiger partial charge < -0.3 is 23.5 Å². The highest BCUT2D eigenvalue weighted by atomic mass is 35.5. The molecule has 1 aliphatic rings. The van der Waals surface area contributed by atoms with Crippen molar-refractivity contribution in [3.8, 4) is 22.8 Å². The average molecular weight is 472 g/mol. The van der Waals surface area contributed by atoms with Crippen molar-refractivity contribution in [1.82, 2.24) is 4.90 Å². The number of hydrogen-bond donors (Lipinski definition) is 0. The van der Waals surface area contributed by atoms with Crippen LogP contribution in [0.2, 0.25) is 5.02 Å². The quantitative estimate of drug-likeness (QED) is 0.507. The lowest BCUT2D eigenvalue weighted by molar-refractivity contribution is -0.149. The second-order valence-corrected chi connectivity index (χ2v) is 8.57. The molecule has 1 aliphatic heterocycles. The van der Waals surface area contributed by atoms with Gasteiger partial charge in [-0.1, -0.05) is 23.7 Å². The molecule has 8 heteroatoms. The van der Waals surface area contributed by atoms with Crippen molar-refractivity contribution in [2.24, 2.45) is 0 Å². The number of nitrogens with zero attached hydrogens (tertiary/aromatic N) is 1. The van der Waals surface area contributed by atoms with E-state index in [1.807, 2.05) is 19.2 Å². The second kappa shape index (κ2) is 9.45. The number of likely N-dealkylation sites (tertiary alicyclic amines) is 1. The fraction of sp³-hybridized carbons (Fsp3) is 0.360. The van der Waals surface area contributed by atoms with Crippen LogP contribution in [0.3, 0.4) is 0 Å². The number of ether oxygens (including phenoxy) is 3. The first-order valence-corrected chi connectivity index (χ1v) is 11.0. The Morgan fingerprint density at radius 3 is 2.55 bits per heavy atom. The maximum Gasteiger partial charge on any atom is 0.302 e. The van der Waals surface area contributed by atoms with Crippen LogP contribution < -0.4 is 14.9 Å². The van der Waals surface area contributed by atoms with Crippen LogP contribution in [0, 0.1) is 0 Å². The summed E-state index contributed by atoms with van der Waals surface area (Å²) >= 11 is 6.39. The minimum absolute atomic E-state index is 0.238. The van der Waals surface area contributed by atoms with Crippen molar-refractivity contribution in [2.45, 2.75) is 25.4 Å². The zero-order valence-electron chi connectivity index (χ0n) is 19.0. The van der Waals surface area contributed by atoms with Crippen LogP contribution in [-0.4, -0.2) is 51.3 Å². The van der Waals surface area contributed by atoms with Gasteiger partial charge >= 0.3 is 5.97 Å². The van der Waals surface area contributed by atoms with Crippen LogP contribution in [-0.2, 0) is 9.53 Å². The zero-order chi connectivity index (χ0) is 23.7.